The van der Waals surface area contributed by atoms with E-state index < -0.39 is 4.92 Å². The number of thioether (sulfide) groups is 1. The molecule has 1 fully saturated rings. The number of aliphatic imine (C=N–C) groups is 1. The van der Waals surface area contributed by atoms with Gasteiger partial charge in [0.15, 0.2) is 5.17 Å². The van der Waals surface area contributed by atoms with E-state index in [9.17, 15) is 14.9 Å². The summed E-state index contributed by atoms with van der Waals surface area (Å²) in [4.78, 5) is 29.5. The van der Waals surface area contributed by atoms with Crippen molar-refractivity contribution in [1.82, 2.24) is 15.1 Å². The lowest BCUT2D eigenvalue weighted by atomic mass is 10.1. The average molecular weight is 375 g/mol. The van der Waals surface area contributed by atoms with Crippen LogP contribution in [0.1, 0.15) is 17.5 Å². The number of carbonyl (C=O) groups excluding carboxylic acids is 1. The molecule has 1 aliphatic rings. The van der Waals surface area contributed by atoms with Crippen LogP contribution >= 0.6 is 23.1 Å². The molecular weight excluding hydrogens is 362 g/mol. The zero-order chi connectivity index (χ0) is 18.0. The van der Waals surface area contributed by atoms with Gasteiger partial charge in [-0.05, 0) is 37.8 Å². The van der Waals surface area contributed by atoms with Gasteiger partial charge >= 0.3 is 0 Å². The van der Waals surface area contributed by atoms with Gasteiger partial charge in [-0.1, -0.05) is 23.5 Å². The third kappa shape index (κ3) is 3.59. The number of nitro benzene ring substituents is 1. The first-order valence-corrected chi connectivity index (χ1v) is 8.96. The SMILES string of the molecule is CCN1C(=O)/C(=C/c2ccccc2[N+](=O)[O-])S/C1=N/c1nnc(C)s1. The van der Waals surface area contributed by atoms with Crippen LogP contribution in [0.3, 0.4) is 0 Å². The highest BCUT2D eigenvalue weighted by molar-refractivity contribution is 8.18. The molecule has 10 heteroatoms. The van der Waals surface area contributed by atoms with Crippen LogP contribution in [0.2, 0.25) is 0 Å². The molecule has 1 amide bonds. The number of hydrogen-bond donors (Lipinski definition) is 0. The molecule has 0 saturated carbocycles. The summed E-state index contributed by atoms with van der Waals surface area (Å²) < 4.78 is 0. The topological polar surface area (TPSA) is 102 Å². The van der Waals surface area contributed by atoms with Crippen molar-refractivity contribution < 1.29 is 9.72 Å². The molecule has 0 atom stereocenters. The lowest BCUT2D eigenvalue weighted by Gasteiger charge is -2.11. The molecule has 25 heavy (non-hydrogen) atoms. The van der Waals surface area contributed by atoms with Crippen molar-refractivity contribution in [2.75, 3.05) is 6.54 Å². The van der Waals surface area contributed by atoms with E-state index in [1.54, 1.807) is 18.2 Å². The number of para-hydroxylation sites is 1. The number of benzene rings is 1. The Hall–Kier alpha value is -2.59. The zero-order valence-corrected chi connectivity index (χ0v) is 15.0. The standard InChI is InChI=1S/C15H13N5O3S2/c1-3-19-13(21)12(8-10-6-4-5-7-11(10)20(22)23)25-15(19)16-14-18-17-9(2)24-14/h4-8H,3H2,1-2H3/b12-8-,16-15+. The van der Waals surface area contributed by atoms with Crippen LogP contribution in [0.25, 0.3) is 6.08 Å². The van der Waals surface area contributed by atoms with Crippen molar-refractivity contribution in [2.24, 2.45) is 4.99 Å². The number of rotatable bonds is 4. The van der Waals surface area contributed by atoms with Crippen LogP contribution in [0.15, 0.2) is 34.2 Å². The largest absolute Gasteiger partial charge is 0.287 e. The highest BCUT2D eigenvalue weighted by Gasteiger charge is 2.33. The van der Waals surface area contributed by atoms with E-state index in [0.717, 1.165) is 5.01 Å². The molecule has 2 heterocycles. The van der Waals surface area contributed by atoms with Crippen LogP contribution in [0, 0.1) is 17.0 Å². The van der Waals surface area contributed by atoms with Gasteiger partial charge in [-0.15, -0.1) is 10.2 Å². The number of amides is 1. The number of aryl methyl sites for hydroxylation is 1. The number of nitro groups is 1. The molecule has 0 radical (unpaired) electrons. The fourth-order valence-corrected chi connectivity index (χ4v) is 3.85. The molecule has 1 aromatic heterocycles. The van der Waals surface area contributed by atoms with Crippen molar-refractivity contribution in [3.63, 3.8) is 0 Å². The molecule has 0 aliphatic carbocycles. The molecule has 0 spiro atoms. The van der Waals surface area contributed by atoms with E-state index in [-0.39, 0.29) is 11.6 Å². The highest BCUT2D eigenvalue weighted by Crippen LogP contribution is 2.35. The van der Waals surface area contributed by atoms with E-state index in [4.69, 9.17) is 0 Å². The first kappa shape index (κ1) is 17.2. The summed E-state index contributed by atoms with van der Waals surface area (Å²) in [6.45, 7) is 4.11. The molecule has 2 aromatic rings. The second kappa shape index (κ2) is 7.11. The molecular formula is C15H13N5O3S2. The molecule has 8 nitrogen and oxygen atoms in total. The van der Waals surface area contributed by atoms with Gasteiger partial charge in [0, 0.05) is 12.6 Å². The quantitative estimate of drug-likeness (QED) is 0.461. The lowest BCUT2D eigenvalue weighted by Crippen LogP contribution is -2.28. The van der Waals surface area contributed by atoms with Crippen molar-refractivity contribution in [3.05, 3.63) is 49.9 Å². The smallest absolute Gasteiger partial charge is 0.276 e. The normalized spacial score (nSPS) is 17.7. The second-order valence-electron chi connectivity index (χ2n) is 4.97. The van der Waals surface area contributed by atoms with Gasteiger partial charge < -0.3 is 0 Å². The Morgan fingerprint density at radius 3 is 2.76 bits per heavy atom. The maximum Gasteiger partial charge on any atom is 0.276 e. The van der Waals surface area contributed by atoms with Crippen LogP contribution in [0.5, 0.6) is 0 Å². The number of aromatic nitrogens is 2. The van der Waals surface area contributed by atoms with Gasteiger partial charge in [-0.3, -0.25) is 19.8 Å². The summed E-state index contributed by atoms with van der Waals surface area (Å²) >= 11 is 2.50. The molecule has 3 rings (SSSR count). The highest BCUT2D eigenvalue weighted by atomic mass is 32.2. The zero-order valence-electron chi connectivity index (χ0n) is 13.4. The number of carbonyl (C=O) groups is 1. The monoisotopic (exact) mass is 375 g/mol. The van der Waals surface area contributed by atoms with Gasteiger partial charge in [0.2, 0.25) is 5.13 Å². The van der Waals surface area contributed by atoms with Crippen LogP contribution in [-0.2, 0) is 4.79 Å². The van der Waals surface area contributed by atoms with Crippen molar-refractivity contribution in [3.8, 4) is 0 Å². The molecule has 0 bridgehead atoms. The molecule has 1 aromatic carbocycles. The summed E-state index contributed by atoms with van der Waals surface area (Å²) in [5.74, 6) is -0.231. The van der Waals surface area contributed by atoms with Gasteiger partial charge in [-0.25, -0.2) is 0 Å². The Kier molecular flexibility index (Phi) is 4.91. The number of hydrogen-bond acceptors (Lipinski definition) is 8. The maximum atomic E-state index is 12.6. The van der Waals surface area contributed by atoms with Gasteiger partial charge in [-0.2, -0.15) is 4.99 Å². The van der Waals surface area contributed by atoms with Crippen LogP contribution in [0.4, 0.5) is 10.8 Å². The number of likely N-dealkylation sites (N-methyl/N-ethyl adjacent to an activating group) is 1. The predicted octanol–water partition coefficient (Wildman–Crippen LogP) is 3.38. The summed E-state index contributed by atoms with van der Waals surface area (Å²) in [6, 6.07) is 6.30. The second-order valence-corrected chi connectivity index (χ2v) is 7.14. The summed E-state index contributed by atoms with van der Waals surface area (Å²) in [5.41, 5.74) is 0.337. The first-order valence-electron chi connectivity index (χ1n) is 7.33. The van der Waals surface area contributed by atoms with Gasteiger partial charge in [0.1, 0.15) is 5.01 Å². The first-order chi connectivity index (χ1) is 12.0. The third-order valence-corrected chi connectivity index (χ3v) is 5.07. The fraction of sp³-hybridized carbons (Fsp3) is 0.200. The minimum absolute atomic E-state index is 0.0448. The fourth-order valence-electron chi connectivity index (χ4n) is 2.20. The van der Waals surface area contributed by atoms with Crippen molar-refractivity contribution in [2.45, 2.75) is 13.8 Å². The Labute approximate surface area is 151 Å². The lowest BCUT2D eigenvalue weighted by molar-refractivity contribution is -0.385. The summed E-state index contributed by atoms with van der Waals surface area (Å²) in [7, 11) is 0. The van der Waals surface area contributed by atoms with Crippen molar-refractivity contribution >= 4 is 51.1 Å². The molecule has 1 aliphatic heterocycles. The van der Waals surface area contributed by atoms with E-state index >= 15 is 0 Å². The molecule has 128 valence electrons. The van der Waals surface area contributed by atoms with E-state index in [1.807, 2.05) is 13.8 Å². The van der Waals surface area contributed by atoms with Crippen LogP contribution in [-0.4, -0.2) is 37.6 Å². The Morgan fingerprint density at radius 2 is 2.12 bits per heavy atom. The minimum atomic E-state index is -0.465. The Morgan fingerprint density at radius 1 is 1.36 bits per heavy atom. The summed E-state index contributed by atoms with van der Waals surface area (Å²) in [6.07, 6.45) is 1.53. The van der Waals surface area contributed by atoms with Crippen molar-refractivity contribution in [1.29, 1.82) is 0 Å². The van der Waals surface area contributed by atoms with Gasteiger partial charge in [0.25, 0.3) is 11.6 Å². The number of amidine groups is 1. The predicted molar refractivity (Wildman–Crippen MR) is 97.8 cm³/mol. The van der Waals surface area contributed by atoms with Gasteiger partial charge in [0.05, 0.1) is 15.4 Å². The van der Waals surface area contributed by atoms with Crippen LogP contribution < -0.4 is 0 Å². The average Bonchev–Trinajstić information content (AvgIpc) is 3.11. The Bertz CT molecular complexity index is 906. The maximum absolute atomic E-state index is 12.6. The molecule has 0 N–H and O–H groups in total. The molecule has 1 saturated heterocycles. The number of nitrogens with zero attached hydrogens (tertiary/aromatic N) is 5. The third-order valence-electron chi connectivity index (χ3n) is 3.33. The molecule has 0 unspecified atom stereocenters. The minimum Gasteiger partial charge on any atom is -0.287 e. The van der Waals surface area contributed by atoms with E-state index in [1.165, 1.54) is 40.1 Å². The van der Waals surface area contributed by atoms with E-state index in [2.05, 4.69) is 15.2 Å². The van der Waals surface area contributed by atoms with E-state index in [0.29, 0.717) is 27.3 Å². The Balaban J connectivity index is 1.98. The summed E-state index contributed by atoms with van der Waals surface area (Å²) in [5, 5.41) is 20.7.